The fourth-order valence-electron chi connectivity index (χ4n) is 5.81. The number of aromatic nitrogens is 1. The smallest absolute Gasteiger partial charge is 0.273 e. The van der Waals surface area contributed by atoms with Gasteiger partial charge < -0.3 is 19.3 Å². The van der Waals surface area contributed by atoms with Crippen LogP contribution in [0.15, 0.2) is 72.1 Å². The maximum Gasteiger partial charge on any atom is 0.273 e. The zero-order valence-corrected chi connectivity index (χ0v) is 28.3. The molecule has 45 heavy (non-hydrogen) atoms. The average Bonchev–Trinajstić information content (AvgIpc) is 3.51. The Labute approximate surface area is 272 Å². The number of amides is 1. The normalized spacial score (nSPS) is 13.8. The second-order valence-corrected chi connectivity index (χ2v) is 13.7. The third kappa shape index (κ3) is 8.24. The van der Waals surface area contributed by atoms with Crippen molar-refractivity contribution in [1.82, 2.24) is 14.8 Å². The lowest BCUT2D eigenvalue weighted by Crippen LogP contribution is -2.49. The Bertz CT molecular complexity index is 1570. The summed E-state index contributed by atoms with van der Waals surface area (Å²) in [7, 11) is 3.32. The van der Waals surface area contributed by atoms with E-state index in [1.165, 1.54) is 27.9 Å². The molecule has 1 aliphatic rings. The highest BCUT2D eigenvalue weighted by Crippen LogP contribution is 2.28. The molecule has 0 saturated carbocycles. The molecule has 1 aromatic heterocycles. The molecule has 0 N–H and O–H groups in total. The lowest BCUT2D eigenvalue weighted by atomic mass is 9.87. The highest BCUT2D eigenvalue weighted by molar-refractivity contribution is 7.09. The van der Waals surface area contributed by atoms with Crippen molar-refractivity contribution in [2.45, 2.75) is 52.6 Å². The molecular formula is C37H46N4O3S. The van der Waals surface area contributed by atoms with E-state index in [9.17, 15) is 4.79 Å². The van der Waals surface area contributed by atoms with Gasteiger partial charge in [-0.2, -0.15) is 0 Å². The number of para-hydroxylation sites is 1. The summed E-state index contributed by atoms with van der Waals surface area (Å²) >= 11 is 1.57. The molecule has 1 aliphatic heterocycles. The summed E-state index contributed by atoms with van der Waals surface area (Å²) in [6.07, 6.45) is 0.850. The number of nitrogens with zero attached hydrogens (tertiary/aromatic N) is 4. The number of thiazole rings is 1. The van der Waals surface area contributed by atoms with Crippen molar-refractivity contribution in [1.29, 1.82) is 0 Å². The predicted molar refractivity (Wildman–Crippen MR) is 184 cm³/mol. The van der Waals surface area contributed by atoms with Gasteiger partial charge in [-0.3, -0.25) is 9.69 Å². The van der Waals surface area contributed by atoms with Crippen LogP contribution >= 0.6 is 11.3 Å². The predicted octanol–water partition coefficient (Wildman–Crippen LogP) is 6.97. The second-order valence-electron chi connectivity index (χ2n) is 12.8. The molecule has 7 nitrogen and oxygen atoms in total. The van der Waals surface area contributed by atoms with Crippen molar-refractivity contribution in [3.63, 3.8) is 0 Å². The summed E-state index contributed by atoms with van der Waals surface area (Å²) in [6.45, 7) is 14.2. The number of anilines is 1. The van der Waals surface area contributed by atoms with Crippen molar-refractivity contribution < 1.29 is 14.3 Å². The number of ether oxygens (including phenoxy) is 2. The van der Waals surface area contributed by atoms with Crippen LogP contribution in [0.3, 0.4) is 0 Å². The van der Waals surface area contributed by atoms with Crippen molar-refractivity contribution in [3.05, 3.63) is 105 Å². The van der Waals surface area contributed by atoms with Gasteiger partial charge in [0.05, 0.1) is 20.8 Å². The molecule has 0 atom stereocenters. The van der Waals surface area contributed by atoms with Crippen molar-refractivity contribution in [3.8, 4) is 11.5 Å². The van der Waals surface area contributed by atoms with E-state index in [0.717, 1.165) is 49.1 Å². The first-order chi connectivity index (χ1) is 21.6. The first-order valence-electron chi connectivity index (χ1n) is 15.7. The first kappa shape index (κ1) is 32.5. The van der Waals surface area contributed by atoms with Crippen LogP contribution < -0.4 is 14.4 Å². The minimum absolute atomic E-state index is 0.0246. The van der Waals surface area contributed by atoms with E-state index in [1.807, 2.05) is 22.4 Å². The van der Waals surface area contributed by atoms with Gasteiger partial charge in [0.2, 0.25) is 0 Å². The van der Waals surface area contributed by atoms with Gasteiger partial charge in [-0.25, -0.2) is 4.98 Å². The fraction of sp³-hybridized carbons (Fsp3) is 0.405. The Balaban J connectivity index is 1.26. The first-order valence-corrected chi connectivity index (χ1v) is 16.6. The standard InChI is InChI=1S/C37H46N4O3S/c1-27-9-7-8-10-32(27)40-19-21-41(22-20-40)36(42)31-26-45-35(38-31)25-39(24-29-11-14-30(15-12-29)37(2,3)4)18-17-28-13-16-33(43-5)34(23-28)44-6/h7-16,23,26H,17-22,24-25H2,1-6H3. The Hall–Kier alpha value is -3.88. The SMILES string of the molecule is COc1ccc(CCN(Cc2ccc(C(C)(C)C)cc2)Cc2nc(C(=O)N3CCN(c4ccccc4C)CC3)cs2)cc1OC. The minimum atomic E-state index is 0.0246. The molecule has 8 heteroatoms. The maximum atomic E-state index is 13.5. The molecule has 0 spiro atoms. The number of carbonyl (C=O) groups is 1. The van der Waals surface area contributed by atoms with Gasteiger partial charge in [0, 0.05) is 50.3 Å². The van der Waals surface area contributed by atoms with E-state index >= 15 is 0 Å². The van der Waals surface area contributed by atoms with Gasteiger partial charge >= 0.3 is 0 Å². The van der Waals surface area contributed by atoms with Gasteiger partial charge in [0.25, 0.3) is 5.91 Å². The number of benzene rings is 3. The van der Waals surface area contributed by atoms with Crippen LogP contribution in [0.4, 0.5) is 5.69 Å². The zero-order valence-electron chi connectivity index (χ0n) is 27.5. The van der Waals surface area contributed by atoms with Gasteiger partial charge in [0.15, 0.2) is 11.5 Å². The quantitative estimate of drug-likeness (QED) is 0.179. The Kier molecular flexibility index (Phi) is 10.5. The van der Waals surface area contributed by atoms with Crippen molar-refractivity contribution in [2.75, 3.05) is 51.8 Å². The monoisotopic (exact) mass is 626 g/mol. The molecule has 0 unspecified atom stereocenters. The van der Waals surface area contributed by atoms with E-state index < -0.39 is 0 Å². The Morgan fingerprint density at radius 1 is 0.889 bits per heavy atom. The van der Waals surface area contributed by atoms with Crippen LogP contribution in [0.5, 0.6) is 11.5 Å². The van der Waals surface area contributed by atoms with E-state index in [2.05, 4.69) is 92.1 Å². The molecule has 238 valence electrons. The van der Waals surface area contributed by atoms with E-state index in [-0.39, 0.29) is 11.3 Å². The molecular weight excluding hydrogens is 580 g/mol. The summed E-state index contributed by atoms with van der Waals surface area (Å²) in [4.78, 5) is 25.0. The van der Waals surface area contributed by atoms with E-state index in [4.69, 9.17) is 14.5 Å². The van der Waals surface area contributed by atoms with Crippen LogP contribution in [0.2, 0.25) is 0 Å². The third-order valence-corrected chi connectivity index (χ3v) is 9.38. The number of aryl methyl sites for hydroxylation is 1. The van der Waals surface area contributed by atoms with Gasteiger partial charge in [-0.05, 0) is 59.2 Å². The molecule has 2 heterocycles. The summed E-state index contributed by atoms with van der Waals surface area (Å²) < 4.78 is 11.0. The number of rotatable bonds is 11. The highest BCUT2D eigenvalue weighted by atomic mass is 32.1. The summed E-state index contributed by atoms with van der Waals surface area (Å²) in [5, 5.41) is 2.88. The van der Waals surface area contributed by atoms with Gasteiger partial charge in [-0.15, -0.1) is 11.3 Å². The molecule has 4 aromatic rings. The molecule has 1 amide bonds. The van der Waals surface area contributed by atoms with E-state index in [1.54, 1.807) is 25.6 Å². The molecule has 1 saturated heterocycles. The molecule has 3 aromatic carbocycles. The lowest BCUT2D eigenvalue weighted by molar-refractivity contribution is 0.0741. The number of methoxy groups -OCH3 is 2. The van der Waals surface area contributed by atoms with Crippen LogP contribution in [0, 0.1) is 6.92 Å². The Morgan fingerprint density at radius 3 is 2.24 bits per heavy atom. The number of hydrogen-bond acceptors (Lipinski definition) is 7. The number of piperazine rings is 1. The van der Waals surface area contributed by atoms with Crippen LogP contribution in [0.25, 0.3) is 0 Å². The summed E-state index contributed by atoms with van der Waals surface area (Å²) in [5.41, 5.74) is 6.95. The van der Waals surface area contributed by atoms with Crippen molar-refractivity contribution >= 4 is 22.9 Å². The van der Waals surface area contributed by atoms with Crippen LogP contribution in [-0.2, 0) is 24.9 Å². The lowest BCUT2D eigenvalue weighted by Gasteiger charge is -2.36. The third-order valence-electron chi connectivity index (χ3n) is 8.54. The number of hydrogen-bond donors (Lipinski definition) is 0. The summed E-state index contributed by atoms with van der Waals surface area (Å²) in [6, 6.07) is 23.5. The topological polar surface area (TPSA) is 58.1 Å². The van der Waals surface area contributed by atoms with Gasteiger partial charge in [0.1, 0.15) is 10.7 Å². The van der Waals surface area contributed by atoms with Crippen LogP contribution in [-0.4, -0.2) is 67.6 Å². The number of carbonyl (C=O) groups excluding carboxylic acids is 1. The molecule has 0 bridgehead atoms. The largest absolute Gasteiger partial charge is 0.493 e. The molecule has 0 aliphatic carbocycles. The minimum Gasteiger partial charge on any atom is -0.493 e. The maximum absolute atomic E-state index is 13.5. The molecule has 5 rings (SSSR count). The van der Waals surface area contributed by atoms with Gasteiger partial charge in [-0.1, -0.05) is 69.3 Å². The second kappa shape index (κ2) is 14.5. The zero-order chi connectivity index (χ0) is 32.0. The highest BCUT2D eigenvalue weighted by Gasteiger charge is 2.25. The fourth-order valence-corrected chi connectivity index (χ4v) is 6.62. The van der Waals surface area contributed by atoms with Crippen LogP contribution in [0.1, 0.15) is 58.5 Å². The average molecular weight is 627 g/mol. The molecule has 0 radical (unpaired) electrons. The molecule has 1 fully saturated rings. The van der Waals surface area contributed by atoms with Crippen molar-refractivity contribution in [2.24, 2.45) is 0 Å². The summed E-state index contributed by atoms with van der Waals surface area (Å²) in [5.74, 6) is 1.49. The van der Waals surface area contributed by atoms with E-state index in [0.29, 0.717) is 25.3 Å². The Morgan fingerprint density at radius 2 is 1.58 bits per heavy atom.